The van der Waals surface area contributed by atoms with Crippen molar-refractivity contribution in [2.24, 2.45) is 0 Å². The summed E-state index contributed by atoms with van der Waals surface area (Å²) in [5.74, 6) is 1.46. The predicted octanol–water partition coefficient (Wildman–Crippen LogP) is 2.79. The van der Waals surface area contributed by atoms with E-state index in [9.17, 15) is 0 Å². The second-order valence-electron chi connectivity index (χ2n) is 4.89. The predicted molar refractivity (Wildman–Crippen MR) is 64.1 cm³/mol. The number of ether oxygens (including phenoxy) is 1. The average Bonchev–Trinajstić information content (AvgIpc) is 2.86. The Bertz CT molecular complexity index is 482. The maximum atomic E-state index is 5.86. The first-order valence-corrected chi connectivity index (χ1v) is 6.29. The van der Waals surface area contributed by atoms with Crippen molar-refractivity contribution in [3.63, 3.8) is 0 Å². The van der Waals surface area contributed by atoms with Crippen molar-refractivity contribution in [3.05, 3.63) is 21.7 Å². The van der Waals surface area contributed by atoms with Crippen LogP contribution in [0.5, 0.6) is 0 Å². The number of hydrogen-bond acceptors (Lipinski definition) is 3. The molecule has 2 bridgehead atoms. The lowest BCUT2D eigenvalue weighted by Crippen LogP contribution is -2.18. The van der Waals surface area contributed by atoms with Crippen molar-refractivity contribution < 1.29 is 4.74 Å². The number of rotatable bonds is 1. The summed E-state index contributed by atoms with van der Waals surface area (Å²) in [5, 5.41) is 0. The van der Waals surface area contributed by atoms with Crippen LogP contribution in [0.15, 0.2) is 0 Å². The molecular weight excluding hydrogens is 220 g/mol. The maximum absolute atomic E-state index is 5.86. The van der Waals surface area contributed by atoms with Gasteiger partial charge < -0.3 is 9.72 Å². The van der Waals surface area contributed by atoms with Gasteiger partial charge in [-0.15, -0.1) is 0 Å². The third kappa shape index (κ3) is 1.52. The Kier molecular flexibility index (Phi) is 2.37. The Morgan fingerprint density at radius 3 is 2.75 bits per heavy atom. The summed E-state index contributed by atoms with van der Waals surface area (Å²) in [6.07, 6.45) is 4.31. The molecule has 3 nitrogen and oxygen atoms in total. The number of hydrogen-bond donors (Lipinski definition) is 1. The summed E-state index contributed by atoms with van der Waals surface area (Å²) in [4.78, 5) is 7.90. The van der Waals surface area contributed by atoms with E-state index >= 15 is 0 Å². The molecule has 0 aliphatic carbocycles. The second kappa shape index (κ2) is 3.64. The molecule has 86 valence electrons. The smallest absolute Gasteiger partial charge is 0.132 e. The fourth-order valence-corrected chi connectivity index (χ4v) is 3.02. The number of aromatic nitrogens is 2. The zero-order valence-electron chi connectivity index (χ0n) is 9.62. The summed E-state index contributed by atoms with van der Waals surface area (Å²) < 4.78 is 6.59. The van der Waals surface area contributed by atoms with Crippen molar-refractivity contribution in [2.75, 3.05) is 0 Å². The molecule has 3 heterocycles. The summed E-state index contributed by atoms with van der Waals surface area (Å²) in [7, 11) is 0. The van der Waals surface area contributed by atoms with E-state index in [2.05, 4.69) is 16.9 Å². The minimum absolute atomic E-state index is 0.366. The third-order valence-corrected chi connectivity index (χ3v) is 4.28. The highest BCUT2D eigenvalue weighted by molar-refractivity contribution is 7.71. The lowest BCUT2D eigenvalue weighted by atomic mass is 9.88. The molecule has 2 saturated heterocycles. The minimum atomic E-state index is 0.366. The fourth-order valence-electron chi connectivity index (χ4n) is 2.77. The van der Waals surface area contributed by atoms with Crippen molar-refractivity contribution >= 4 is 12.2 Å². The van der Waals surface area contributed by atoms with E-state index in [0.717, 1.165) is 28.1 Å². The van der Waals surface area contributed by atoms with Crippen LogP contribution in [0.2, 0.25) is 0 Å². The van der Waals surface area contributed by atoms with Gasteiger partial charge in [-0.3, -0.25) is 0 Å². The van der Waals surface area contributed by atoms with Crippen LogP contribution in [0.25, 0.3) is 0 Å². The molecule has 1 aromatic rings. The van der Waals surface area contributed by atoms with E-state index in [-0.39, 0.29) is 0 Å². The molecule has 1 aromatic heterocycles. The summed E-state index contributed by atoms with van der Waals surface area (Å²) >= 11 is 5.28. The third-order valence-electron chi connectivity index (χ3n) is 3.88. The van der Waals surface area contributed by atoms with E-state index in [1.54, 1.807) is 0 Å². The van der Waals surface area contributed by atoms with E-state index in [1.165, 1.54) is 12.8 Å². The van der Waals surface area contributed by atoms with Gasteiger partial charge >= 0.3 is 0 Å². The van der Waals surface area contributed by atoms with Crippen LogP contribution in [-0.4, -0.2) is 22.2 Å². The van der Waals surface area contributed by atoms with Gasteiger partial charge in [-0.25, -0.2) is 4.98 Å². The molecule has 2 fully saturated rings. The number of H-pyrrole nitrogens is 1. The highest BCUT2D eigenvalue weighted by atomic mass is 32.1. The first kappa shape index (κ1) is 10.4. The van der Waals surface area contributed by atoms with Crippen LogP contribution >= 0.6 is 12.2 Å². The lowest BCUT2D eigenvalue weighted by molar-refractivity contribution is 0.0998. The molecule has 2 aliphatic heterocycles. The van der Waals surface area contributed by atoms with Gasteiger partial charge in [0.05, 0.1) is 12.2 Å². The van der Waals surface area contributed by atoms with Gasteiger partial charge in [-0.05, 0) is 33.1 Å². The normalized spacial score (nSPS) is 32.2. The van der Waals surface area contributed by atoms with Crippen LogP contribution in [0.4, 0.5) is 0 Å². The summed E-state index contributed by atoms with van der Waals surface area (Å²) in [6, 6.07) is 0. The molecule has 3 rings (SSSR count). The van der Waals surface area contributed by atoms with Crippen LogP contribution in [-0.2, 0) is 4.74 Å². The zero-order chi connectivity index (χ0) is 11.3. The maximum Gasteiger partial charge on any atom is 0.132 e. The number of nitrogens with one attached hydrogen (secondary N) is 1. The Balaban J connectivity index is 1.99. The largest absolute Gasteiger partial charge is 0.374 e. The molecule has 4 heteroatoms. The molecule has 3 atom stereocenters. The van der Waals surface area contributed by atoms with Gasteiger partial charge in [-0.1, -0.05) is 12.2 Å². The number of aromatic amines is 1. The quantitative estimate of drug-likeness (QED) is 0.762. The van der Waals surface area contributed by atoms with E-state index in [1.807, 2.05) is 6.92 Å². The molecule has 0 aromatic carbocycles. The molecule has 2 aliphatic rings. The summed E-state index contributed by atoms with van der Waals surface area (Å²) in [5.41, 5.74) is 2.22. The fraction of sp³-hybridized carbons (Fsp3) is 0.667. The van der Waals surface area contributed by atoms with Gasteiger partial charge in [-0.2, -0.15) is 0 Å². The zero-order valence-corrected chi connectivity index (χ0v) is 10.4. The summed E-state index contributed by atoms with van der Waals surface area (Å²) in [6.45, 7) is 4.08. The van der Waals surface area contributed by atoms with Crippen LogP contribution < -0.4 is 0 Å². The molecule has 16 heavy (non-hydrogen) atoms. The van der Waals surface area contributed by atoms with E-state index < -0.39 is 0 Å². The first-order chi connectivity index (χ1) is 7.65. The second-order valence-corrected chi connectivity index (χ2v) is 5.28. The van der Waals surface area contributed by atoms with Crippen LogP contribution in [0, 0.1) is 18.5 Å². The van der Waals surface area contributed by atoms with E-state index in [0.29, 0.717) is 18.1 Å². The molecule has 0 saturated carbocycles. The molecular formula is C12H16N2OS. The first-order valence-electron chi connectivity index (χ1n) is 5.88. The Morgan fingerprint density at radius 2 is 2.19 bits per heavy atom. The SMILES string of the molecule is Cc1[nH]c(C2CC3CCC2O3)nc(=S)c1C. The topological polar surface area (TPSA) is 37.9 Å². The highest BCUT2D eigenvalue weighted by Crippen LogP contribution is 2.43. The van der Waals surface area contributed by atoms with Crippen LogP contribution in [0.3, 0.4) is 0 Å². The molecule has 3 unspecified atom stereocenters. The van der Waals surface area contributed by atoms with Gasteiger partial charge in [0, 0.05) is 17.2 Å². The van der Waals surface area contributed by atoms with Gasteiger partial charge in [0.25, 0.3) is 0 Å². The Hall–Kier alpha value is -0.740. The molecule has 0 spiro atoms. The van der Waals surface area contributed by atoms with Crippen molar-refractivity contribution in [3.8, 4) is 0 Å². The number of nitrogens with zero attached hydrogens (tertiary/aromatic N) is 1. The van der Waals surface area contributed by atoms with Crippen molar-refractivity contribution in [2.45, 2.75) is 51.2 Å². The van der Waals surface area contributed by atoms with E-state index in [4.69, 9.17) is 17.0 Å². The Morgan fingerprint density at radius 1 is 1.38 bits per heavy atom. The van der Waals surface area contributed by atoms with Gasteiger partial charge in [0.15, 0.2) is 0 Å². The number of fused-ring (bicyclic) bond motifs is 2. The van der Waals surface area contributed by atoms with Crippen molar-refractivity contribution in [1.29, 1.82) is 0 Å². The number of aryl methyl sites for hydroxylation is 1. The van der Waals surface area contributed by atoms with Gasteiger partial charge in [0.1, 0.15) is 10.5 Å². The monoisotopic (exact) mass is 236 g/mol. The molecule has 1 N–H and O–H groups in total. The standard InChI is InChI=1S/C12H16N2OS/c1-6-7(2)13-11(14-12(6)16)9-5-8-3-4-10(9)15-8/h8-10H,3-5H2,1-2H3,(H,13,14,16). The highest BCUT2D eigenvalue weighted by Gasteiger charge is 2.42. The van der Waals surface area contributed by atoms with Crippen LogP contribution in [0.1, 0.15) is 42.3 Å². The lowest BCUT2D eigenvalue weighted by Gasteiger charge is -2.18. The van der Waals surface area contributed by atoms with Crippen molar-refractivity contribution in [1.82, 2.24) is 9.97 Å². The molecule has 0 radical (unpaired) electrons. The van der Waals surface area contributed by atoms with Gasteiger partial charge in [0.2, 0.25) is 0 Å². The minimum Gasteiger partial charge on any atom is -0.374 e. The molecule has 0 amide bonds. The Labute approximate surface area is 100 Å². The average molecular weight is 236 g/mol.